The van der Waals surface area contributed by atoms with Crippen molar-refractivity contribution in [3.05, 3.63) is 34.0 Å². The van der Waals surface area contributed by atoms with E-state index in [0.717, 1.165) is 12.8 Å². The van der Waals surface area contributed by atoms with E-state index in [4.69, 9.17) is 4.74 Å². The fourth-order valence-electron chi connectivity index (χ4n) is 2.24. The van der Waals surface area contributed by atoms with Gasteiger partial charge in [0.2, 0.25) is 0 Å². The van der Waals surface area contributed by atoms with Crippen LogP contribution >= 0.6 is 22.7 Å². The fourth-order valence-corrected chi connectivity index (χ4v) is 4.07. The Bertz CT molecular complexity index is 546. The summed E-state index contributed by atoms with van der Waals surface area (Å²) in [5.41, 5.74) is 0. The molecular weight excluding hydrogens is 336 g/mol. The van der Waals surface area contributed by atoms with Gasteiger partial charge in [-0.3, -0.25) is 4.79 Å². The second-order valence-electron chi connectivity index (χ2n) is 5.79. The minimum absolute atomic E-state index is 0.0472. The van der Waals surface area contributed by atoms with Gasteiger partial charge in [-0.05, 0) is 51.5 Å². The summed E-state index contributed by atoms with van der Waals surface area (Å²) < 4.78 is 4.81. The molecule has 0 atom stereocenters. The highest BCUT2D eigenvalue weighted by molar-refractivity contribution is 7.22. The number of unbranched alkanes of at least 4 members (excludes halogenated alkanes) is 4. The molecule has 24 heavy (non-hydrogen) atoms. The summed E-state index contributed by atoms with van der Waals surface area (Å²) in [5, 5.41) is 0. The fraction of sp³-hybridized carbons (Fsp3) is 0.550. The Balaban J connectivity index is 0.000000240. The molecule has 0 aromatic carbocycles. The van der Waals surface area contributed by atoms with Gasteiger partial charge in [-0.15, -0.1) is 22.7 Å². The van der Waals surface area contributed by atoms with Gasteiger partial charge in [-0.1, -0.05) is 32.6 Å². The van der Waals surface area contributed by atoms with Crippen molar-refractivity contribution < 1.29 is 9.53 Å². The average molecular weight is 367 g/mol. The summed E-state index contributed by atoms with van der Waals surface area (Å²) in [4.78, 5) is 16.4. The molecule has 0 aliphatic rings. The van der Waals surface area contributed by atoms with Crippen LogP contribution in [0.2, 0.25) is 0 Å². The Hall–Kier alpha value is -1.13. The number of aryl methyl sites for hydroxylation is 2. The number of carbonyl (C=O) groups is 1. The highest BCUT2D eigenvalue weighted by Gasteiger charge is 2.02. The van der Waals surface area contributed by atoms with Crippen LogP contribution in [0, 0.1) is 13.8 Å². The minimum Gasteiger partial charge on any atom is -0.466 e. The molecule has 0 saturated carbocycles. The Morgan fingerprint density at radius 3 is 1.83 bits per heavy atom. The van der Waals surface area contributed by atoms with E-state index in [1.807, 2.05) is 29.6 Å². The van der Waals surface area contributed by atoms with Crippen molar-refractivity contribution in [3.8, 4) is 9.75 Å². The largest absolute Gasteiger partial charge is 0.466 e. The van der Waals surface area contributed by atoms with Crippen LogP contribution in [0.1, 0.15) is 62.1 Å². The molecule has 134 valence electrons. The standard InChI is InChI=1S/C10H20O2.C10H10S2/c1-3-5-6-7-8-9-10(11)12-4-2;1-7-3-5-9(11-7)10-6-4-8(2)12-10/h3-9H2,1-2H3;3-6H,1-2H3. The van der Waals surface area contributed by atoms with Gasteiger partial charge in [0.05, 0.1) is 6.61 Å². The Morgan fingerprint density at radius 2 is 1.42 bits per heavy atom. The van der Waals surface area contributed by atoms with E-state index < -0.39 is 0 Å². The van der Waals surface area contributed by atoms with Crippen LogP contribution in [0.3, 0.4) is 0 Å². The Labute approximate surface area is 154 Å². The third-order valence-electron chi connectivity index (χ3n) is 3.51. The Morgan fingerprint density at radius 1 is 0.875 bits per heavy atom. The van der Waals surface area contributed by atoms with Crippen LogP contribution < -0.4 is 0 Å². The van der Waals surface area contributed by atoms with Crippen molar-refractivity contribution in [3.63, 3.8) is 0 Å². The van der Waals surface area contributed by atoms with Crippen LogP contribution in [-0.2, 0) is 9.53 Å². The van der Waals surface area contributed by atoms with Gasteiger partial charge in [0, 0.05) is 25.9 Å². The molecule has 0 radical (unpaired) electrons. The van der Waals surface area contributed by atoms with Gasteiger partial charge in [0.1, 0.15) is 0 Å². The lowest BCUT2D eigenvalue weighted by Gasteiger charge is -2.00. The van der Waals surface area contributed by atoms with Crippen molar-refractivity contribution in [1.29, 1.82) is 0 Å². The summed E-state index contributed by atoms with van der Waals surface area (Å²) in [6, 6.07) is 8.75. The molecule has 0 aliphatic heterocycles. The number of ether oxygens (including phenoxy) is 1. The highest BCUT2D eigenvalue weighted by Crippen LogP contribution is 2.32. The first-order valence-electron chi connectivity index (χ1n) is 8.85. The zero-order valence-electron chi connectivity index (χ0n) is 15.4. The zero-order chi connectivity index (χ0) is 17.8. The molecule has 0 fully saturated rings. The molecule has 4 heteroatoms. The molecule has 2 rings (SSSR count). The van der Waals surface area contributed by atoms with Crippen molar-refractivity contribution in [2.45, 2.75) is 66.2 Å². The number of thiophene rings is 2. The summed E-state index contributed by atoms with van der Waals surface area (Å²) in [5.74, 6) is -0.0472. The third-order valence-corrected chi connectivity index (χ3v) is 5.71. The van der Waals surface area contributed by atoms with Crippen LogP contribution in [0.4, 0.5) is 0 Å². The molecule has 0 saturated heterocycles. The molecule has 0 spiro atoms. The molecule has 0 amide bonds. The second-order valence-corrected chi connectivity index (χ2v) is 8.37. The van der Waals surface area contributed by atoms with Crippen molar-refractivity contribution >= 4 is 28.6 Å². The lowest BCUT2D eigenvalue weighted by molar-refractivity contribution is -0.143. The maximum Gasteiger partial charge on any atom is 0.305 e. The van der Waals surface area contributed by atoms with Gasteiger partial charge in [0.25, 0.3) is 0 Å². The second kappa shape index (κ2) is 12.3. The molecule has 2 nitrogen and oxygen atoms in total. The van der Waals surface area contributed by atoms with Gasteiger partial charge in [0.15, 0.2) is 0 Å². The van der Waals surface area contributed by atoms with Crippen LogP contribution in [-0.4, -0.2) is 12.6 Å². The van der Waals surface area contributed by atoms with Gasteiger partial charge in [-0.25, -0.2) is 0 Å². The van der Waals surface area contributed by atoms with E-state index in [2.05, 4.69) is 45.0 Å². The smallest absolute Gasteiger partial charge is 0.305 e. The molecule has 0 unspecified atom stereocenters. The number of hydrogen-bond donors (Lipinski definition) is 0. The summed E-state index contributed by atoms with van der Waals surface area (Å²) in [6.07, 6.45) is 6.52. The molecule has 2 aromatic rings. The molecule has 2 aromatic heterocycles. The van der Waals surface area contributed by atoms with Crippen LogP contribution in [0.25, 0.3) is 9.75 Å². The SMILES string of the molecule is CCCCCCCC(=O)OCC.Cc1ccc(-c2ccc(C)s2)s1. The van der Waals surface area contributed by atoms with Crippen molar-refractivity contribution in [2.24, 2.45) is 0 Å². The molecule has 0 bridgehead atoms. The van der Waals surface area contributed by atoms with Crippen LogP contribution in [0.5, 0.6) is 0 Å². The summed E-state index contributed by atoms with van der Waals surface area (Å²) in [6.45, 7) is 8.83. The van der Waals surface area contributed by atoms with Gasteiger partial charge < -0.3 is 4.74 Å². The summed E-state index contributed by atoms with van der Waals surface area (Å²) in [7, 11) is 0. The van der Waals surface area contributed by atoms with E-state index in [0.29, 0.717) is 13.0 Å². The predicted molar refractivity (Wildman–Crippen MR) is 107 cm³/mol. The van der Waals surface area contributed by atoms with Crippen LogP contribution in [0.15, 0.2) is 24.3 Å². The monoisotopic (exact) mass is 366 g/mol. The highest BCUT2D eigenvalue weighted by atomic mass is 32.1. The first kappa shape index (κ1) is 20.9. The molecular formula is C20H30O2S2. The maximum absolute atomic E-state index is 10.9. The lowest BCUT2D eigenvalue weighted by Crippen LogP contribution is -2.02. The first-order chi connectivity index (χ1) is 11.6. The van der Waals surface area contributed by atoms with E-state index in [1.165, 1.54) is 38.8 Å². The number of rotatable bonds is 8. The number of carbonyl (C=O) groups excluding carboxylic acids is 1. The first-order valence-corrected chi connectivity index (χ1v) is 10.5. The quantitative estimate of drug-likeness (QED) is 0.371. The molecule has 0 aliphatic carbocycles. The number of hydrogen-bond acceptors (Lipinski definition) is 4. The normalized spacial score (nSPS) is 10.2. The molecule has 0 N–H and O–H groups in total. The van der Waals surface area contributed by atoms with E-state index in [-0.39, 0.29) is 5.97 Å². The van der Waals surface area contributed by atoms with Gasteiger partial charge in [-0.2, -0.15) is 0 Å². The van der Waals surface area contributed by atoms with E-state index in [9.17, 15) is 4.79 Å². The topological polar surface area (TPSA) is 26.3 Å². The molecule has 2 heterocycles. The third kappa shape index (κ3) is 8.65. The average Bonchev–Trinajstić information content (AvgIpc) is 3.16. The summed E-state index contributed by atoms with van der Waals surface area (Å²) >= 11 is 3.73. The van der Waals surface area contributed by atoms with E-state index in [1.54, 1.807) is 0 Å². The van der Waals surface area contributed by atoms with E-state index >= 15 is 0 Å². The van der Waals surface area contributed by atoms with Crippen molar-refractivity contribution in [2.75, 3.05) is 6.61 Å². The maximum atomic E-state index is 10.9. The Kier molecular flexibility index (Phi) is 10.7. The zero-order valence-corrected chi connectivity index (χ0v) is 17.0. The lowest BCUT2D eigenvalue weighted by atomic mass is 10.1. The number of esters is 1. The predicted octanol–water partition coefficient (Wildman–Crippen LogP) is 7.00. The minimum atomic E-state index is -0.0472. The van der Waals surface area contributed by atoms with Gasteiger partial charge >= 0.3 is 5.97 Å². The van der Waals surface area contributed by atoms with Crippen molar-refractivity contribution in [1.82, 2.24) is 0 Å².